The monoisotopic (exact) mass is 546 g/mol. The van der Waals surface area contributed by atoms with Crippen molar-refractivity contribution in [2.24, 2.45) is 0 Å². The summed E-state index contributed by atoms with van der Waals surface area (Å²) in [5, 5.41) is 10.8. The molecule has 0 saturated carbocycles. The zero-order valence-corrected chi connectivity index (χ0v) is 22.0. The standard InChI is InChI=1S/C29H27ClN4O5/c1-37-23-10-12-24(13-11-23)39-26-18-32-34(22-8-3-6-20(30)16-22)29(36)27(26)33-21-7-2-5-19(15-21)28(35)31-17-25-9-4-14-38-25/h2-3,5-8,10-13,15-16,18,25,33H,4,9,14,17H2,1H3,(H,31,35). The second-order valence-corrected chi connectivity index (χ2v) is 9.35. The number of carbonyl (C=O) groups excluding carboxylic acids is 1. The molecule has 1 saturated heterocycles. The number of nitrogens with zero attached hydrogens (tertiary/aromatic N) is 2. The molecule has 1 atom stereocenters. The Morgan fingerprint density at radius 2 is 1.90 bits per heavy atom. The van der Waals surface area contributed by atoms with E-state index in [9.17, 15) is 9.59 Å². The maximum Gasteiger partial charge on any atom is 0.299 e. The van der Waals surface area contributed by atoms with Crippen LogP contribution in [0.3, 0.4) is 0 Å². The Hall–Kier alpha value is -4.34. The van der Waals surface area contributed by atoms with Gasteiger partial charge in [0.1, 0.15) is 11.5 Å². The molecule has 39 heavy (non-hydrogen) atoms. The van der Waals surface area contributed by atoms with Crippen LogP contribution in [0.5, 0.6) is 17.2 Å². The van der Waals surface area contributed by atoms with E-state index in [0.717, 1.165) is 19.4 Å². The van der Waals surface area contributed by atoms with Gasteiger partial charge in [0, 0.05) is 29.4 Å². The van der Waals surface area contributed by atoms with Crippen LogP contribution in [0.4, 0.5) is 11.4 Å². The van der Waals surface area contributed by atoms with Crippen LogP contribution in [0.15, 0.2) is 83.8 Å². The molecule has 0 bridgehead atoms. The molecular weight excluding hydrogens is 520 g/mol. The van der Waals surface area contributed by atoms with Crippen molar-refractivity contribution in [2.45, 2.75) is 18.9 Å². The molecule has 0 radical (unpaired) electrons. The van der Waals surface area contributed by atoms with Crippen LogP contribution >= 0.6 is 11.6 Å². The predicted octanol–water partition coefficient (Wildman–Crippen LogP) is 5.34. The Morgan fingerprint density at radius 3 is 2.64 bits per heavy atom. The van der Waals surface area contributed by atoms with E-state index in [2.05, 4.69) is 15.7 Å². The molecule has 10 heteroatoms. The molecule has 5 rings (SSSR count). The first-order chi connectivity index (χ1) is 19.0. The van der Waals surface area contributed by atoms with Crippen molar-refractivity contribution in [3.63, 3.8) is 0 Å². The van der Waals surface area contributed by atoms with Crippen LogP contribution in [0.1, 0.15) is 23.2 Å². The molecule has 1 aromatic heterocycles. The van der Waals surface area contributed by atoms with Crippen molar-refractivity contribution in [1.29, 1.82) is 0 Å². The molecule has 1 amide bonds. The van der Waals surface area contributed by atoms with E-state index in [1.165, 1.54) is 10.9 Å². The highest BCUT2D eigenvalue weighted by molar-refractivity contribution is 6.30. The van der Waals surface area contributed by atoms with Crippen LogP contribution in [0, 0.1) is 0 Å². The summed E-state index contributed by atoms with van der Waals surface area (Å²) < 4.78 is 18.1. The van der Waals surface area contributed by atoms with Gasteiger partial charge in [0.15, 0.2) is 11.4 Å². The molecule has 1 aliphatic rings. The number of amides is 1. The first-order valence-corrected chi connectivity index (χ1v) is 12.8. The molecule has 2 heterocycles. The number of methoxy groups -OCH3 is 1. The van der Waals surface area contributed by atoms with Gasteiger partial charge in [0.2, 0.25) is 0 Å². The minimum Gasteiger partial charge on any atom is -0.497 e. The van der Waals surface area contributed by atoms with Crippen LogP contribution in [-0.4, -0.2) is 42.1 Å². The highest BCUT2D eigenvalue weighted by Crippen LogP contribution is 2.30. The number of anilines is 2. The van der Waals surface area contributed by atoms with Gasteiger partial charge in [-0.1, -0.05) is 23.7 Å². The Labute approximate surface area is 230 Å². The summed E-state index contributed by atoms with van der Waals surface area (Å²) in [6.45, 7) is 1.17. The van der Waals surface area contributed by atoms with Gasteiger partial charge in [-0.25, -0.2) is 0 Å². The minimum atomic E-state index is -0.462. The quantitative estimate of drug-likeness (QED) is 0.292. The molecule has 1 unspecified atom stereocenters. The summed E-state index contributed by atoms with van der Waals surface area (Å²) in [5.74, 6) is 1.14. The zero-order valence-electron chi connectivity index (χ0n) is 21.2. The average Bonchev–Trinajstić information content (AvgIpc) is 3.48. The van der Waals surface area contributed by atoms with E-state index in [0.29, 0.717) is 40.0 Å². The van der Waals surface area contributed by atoms with Crippen molar-refractivity contribution >= 4 is 28.9 Å². The van der Waals surface area contributed by atoms with E-state index in [-0.39, 0.29) is 23.4 Å². The SMILES string of the molecule is COc1ccc(Oc2cnn(-c3cccc(Cl)c3)c(=O)c2Nc2cccc(C(=O)NCC3CCCO3)c2)cc1. The van der Waals surface area contributed by atoms with Gasteiger partial charge in [-0.15, -0.1) is 0 Å². The van der Waals surface area contributed by atoms with E-state index in [4.69, 9.17) is 25.8 Å². The number of benzene rings is 3. The summed E-state index contributed by atoms with van der Waals surface area (Å²) in [6.07, 6.45) is 3.42. The number of rotatable bonds is 9. The van der Waals surface area contributed by atoms with Crippen LogP contribution < -0.4 is 25.7 Å². The van der Waals surface area contributed by atoms with Crippen LogP contribution in [-0.2, 0) is 4.74 Å². The van der Waals surface area contributed by atoms with Crippen molar-refractivity contribution < 1.29 is 19.0 Å². The van der Waals surface area contributed by atoms with Gasteiger partial charge in [-0.05, 0) is 73.5 Å². The summed E-state index contributed by atoms with van der Waals surface area (Å²) >= 11 is 6.15. The average molecular weight is 547 g/mol. The lowest BCUT2D eigenvalue weighted by molar-refractivity contribution is 0.0858. The second-order valence-electron chi connectivity index (χ2n) is 8.91. The summed E-state index contributed by atoms with van der Waals surface area (Å²) in [7, 11) is 1.58. The number of nitrogens with one attached hydrogen (secondary N) is 2. The topological polar surface area (TPSA) is 104 Å². The number of hydrogen-bond donors (Lipinski definition) is 2. The van der Waals surface area contributed by atoms with Gasteiger partial charge in [-0.3, -0.25) is 9.59 Å². The van der Waals surface area contributed by atoms with Gasteiger partial charge in [0.05, 0.1) is 25.1 Å². The van der Waals surface area contributed by atoms with Crippen LogP contribution in [0.25, 0.3) is 5.69 Å². The fraction of sp³-hybridized carbons (Fsp3) is 0.207. The zero-order chi connectivity index (χ0) is 27.2. The van der Waals surface area contributed by atoms with Gasteiger partial charge >= 0.3 is 0 Å². The van der Waals surface area contributed by atoms with Gasteiger partial charge in [0.25, 0.3) is 11.5 Å². The van der Waals surface area contributed by atoms with E-state index in [1.54, 1.807) is 79.9 Å². The Balaban J connectivity index is 1.46. The van der Waals surface area contributed by atoms with E-state index in [1.807, 2.05) is 0 Å². The molecule has 1 aliphatic heterocycles. The smallest absolute Gasteiger partial charge is 0.299 e. The number of hydrogen-bond acceptors (Lipinski definition) is 7. The van der Waals surface area contributed by atoms with Gasteiger partial charge < -0.3 is 24.8 Å². The second kappa shape index (κ2) is 12.0. The van der Waals surface area contributed by atoms with Crippen molar-refractivity contribution in [2.75, 3.05) is 25.6 Å². The minimum absolute atomic E-state index is 0.0368. The molecule has 9 nitrogen and oxygen atoms in total. The maximum absolute atomic E-state index is 13.7. The summed E-state index contributed by atoms with van der Waals surface area (Å²) in [6, 6.07) is 20.7. The van der Waals surface area contributed by atoms with Crippen molar-refractivity contribution in [3.05, 3.63) is 99.9 Å². The molecule has 0 aliphatic carbocycles. The summed E-state index contributed by atoms with van der Waals surface area (Å²) in [4.78, 5) is 26.5. The highest BCUT2D eigenvalue weighted by Gasteiger charge is 2.18. The normalized spacial score (nSPS) is 14.6. The lowest BCUT2D eigenvalue weighted by Crippen LogP contribution is -2.31. The molecular formula is C29H27ClN4O5. The Morgan fingerprint density at radius 1 is 1.10 bits per heavy atom. The van der Waals surface area contributed by atoms with Crippen molar-refractivity contribution in [1.82, 2.24) is 15.1 Å². The number of aromatic nitrogens is 2. The maximum atomic E-state index is 13.7. The third-order valence-electron chi connectivity index (χ3n) is 6.19. The summed E-state index contributed by atoms with van der Waals surface area (Å²) in [5.41, 5.74) is 1.14. The largest absolute Gasteiger partial charge is 0.497 e. The molecule has 0 spiro atoms. The fourth-order valence-corrected chi connectivity index (χ4v) is 4.37. The molecule has 200 valence electrons. The fourth-order valence-electron chi connectivity index (χ4n) is 4.19. The van der Waals surface area contributed by atoms with Gasteiger partial charge in [-0.2, -0.15) is 9.78 Å². The number of halogens is 1. The van der Waals surface area contributed by atoms with E-state index < -0.39 is 5.56 Å². The third kappa shape index (κ3) is 6.39. The van der Waals surface area contributed by atoms with Crippen LogP contribution in [0.2, 0.25) is 5.02 Å². The first kappa shape index (κ1) is 26.3. The third-order valence-corrected chi connectivity index (χ3v) is 6.43. The van der Waals surface area contributed by atoms with Crippen molar-refractivity contribution in [3.8, 4) is 22.9 Å². The molecule has 4 aromatic rings. The molecule has 3 aromatic carbocycles. The lowest BCUT2D eigenvalue weighted by atomic mass is 10.1. The Bertz CT molecular complexity index is 1520. The Kier molecular flexibility index (Phi) is 8.10. The first-order valence-electron chi connectivity index (χ1n) is 12.5. The lowest BCUT2D eigenvalue weighted by Gasteiger charge is -2.15. The molecule has 1 fully saturated rings. The molecule has 2 N–H and O–H groups in total. The highest BCUT2D eigenvalue weighted by atomic mass is 35.5. The van der Waals surface area contributed by atoms with E-state index >= 15 is 0 Å². The number of ether oxygens (including phenoxy) is 3. The number of carbonyl (C=O) groups is 1. The predicted molar refractivity (Wildman–Crippen MR) is 149 cm³/mol.